The third kappa shape index (κ3) is 11.3. The van der Waals surface area contributed by atoms with E-state index < -0.39 is 96.2 Å². The third-order valence-electron chi connectivity index (χ3n) is 10.7. The fourth-order valence-corrected chi connectivity index (χ4v) is 11.2. The molecule has 3 aliphatic rings. The summed E-state index contributed by atoms with van der Waals surface area (Å²) in [4.78, 5) is 47.6. The highest BCUT2D eigenvalue weighted by atomic mass is 35.5. The SMILES string of the molecule is CCOP(=O)(OCC)[C@](COC)(OC[C@H]1O[C@@H](n2ncc3c(N(C(=O)OC(C)(C)C)C4CCCC4)cc(Cl)nc32)[C@@H]2OC(C)(C)O[C@@H]21)C(=O)NS(C)(=O)=NC(=O)O[C@H](C)c1ccccc1. The quantitative estimate of drug-likeness (QED) is 0.100. The van der Waals surface area contributed by atoms with Gasteiger partial charge in [0.05, 0.1) is 43.7 Å². The number of nitrogens with one attached hydrogen (secondary N) is 1. The van der Waals surface area contributed by atoms with E-state index in [1.54, 1.807) is 89.0 Å². The van der Waals surface area contributed by atoms with Crippen LogP contribution in [0.15, 0.2) is 47.0 Å². The summed E-state index contributed by atoms with van der Waals surface area (Å²) in [5.74, 6) is -2.44. The summed E-state index contributed by atoms with van der Waals surface area (Å²) < 4.78 is 89.8. The Bertz CT molecular complexity index is 2360. The molecule has 0 radical (unpaired) electrons. The molecule has 7 atom stereocenters. The van der Waals surface area contributed by atoms with Gasteiger partial charge in [-0.3, -0.25) is 19.0 Å². The molecule has 0 bridgehead atoms. The molecule has 1 N–H and O–H groups in total. The summed E-state index contributed by atoms with van der Waals surface area (Å²) >= 11 is 6.71. The van der Waals surface area contributed by atoms with Crippen LogP contribution < -0.4 is 9.62 Å². The van der Waals surface area contributed by atoms with E-state index in [9.17, 15) is 23.2 Å². The minimum Gasteiger partial charge on any atom is -0.443 e. The van der Waals surface area contributed by atoms with Crippen molar-refractivity contribution in [3.05, 3.63) is 53.3 Å². The molecule has 0 spiro atoms. The van der Waals surface area contributed by atoms with Crippen LogP contribution in [0.3, 0.4) is 0 Å². The van der Waals surface area contributed by atoms with E-state index in [-0.39, 0.29) is 30.1 Å². The van der Waals surface area contributed by atoms with Crippen molar-refractivity contribution >= 4 is 63.9 Å². The van der Waals surface area contributed by atoms with Crippen LogP contribution in [0.4, 0.5) is 15.3 Å². The van der Waals surface area contributed by atoms with Crippen molar-refractivity contribution in [2.75, 3.05) is 44.7 Å². The van der Waals surface area contributed by atoms with E-state index in [0.29, 0.717) is 16.6 Å². The van der Waals surface area contributed by atoms with E-state index in [1.165, 1.54) is 25.6 Å². The topological polar surface area (TPSA) is 227 Å². The molecule has 1 aromatic carbocycles. The fraction of sp³-hybridized carbons (Fsp3) is 0.643. The second-order valence-corrected chi connectivity index (χ2v) is 21.9. The number of fused-ring (bicyclic) bond motifs is 2. The lowest BCUT2D eigenvalue weighted by Gasteiger charge is -2.37. The van der Waals surface area contributed by atoms with Gasteiger partial charge in [-0.1, -0.05) is 54.8 Å². The van der Waals surface area contributed by atoms with Gasteiger partial charge in [0.25, 0.3) is 11.2 Å². The standard InChI is InChI=1S/C42H60ClN6O14PS/c1-11-57-64(53,58-12-2)42(25-55-9,37(50)46-65(10,54)47-38(51)59-26(3)27-18-14-13-15-19-27)56-24-31-33-34(62-41(7,8)61-33)36(60-31)49-35-29(23-44-49)30(22-32(43)45-35)48(28-20-16-17-21-28)39(52)63-40(4,5)6/h13-15,18-19,22-23,26,28,31,33-34,36H,11-12,16-17,20-21,24-25H2,1-10H3,(H,46,47,50,51,54)/t26-,31-,33-,34-,36-,42+,65?/m1/s1. The second kappa shape index (κ2) is 20.2. The summed E-state index contributed by atoms with van der Waals surface area (Å²) in [6.45, 7) is 11.8. The summed E-state index contributed by atoms with van der Waals surface area (Å²) in [5, 5.41) is 2.59. The Balaban J connectivity index is 1.34. The molecule has 1 aliphatic carbocycles. The van der Waals surface area contributed by atoms with Crippen LogP contribution in [0.2, 0.25) is 5.15 Å². The molecule has 3 aromatic rings. The second-order valence-electron chi connectivity index (χ2n) is 17.3. The number of hydrogen-bond acceptors (Lipinski definition) is 16. The van der Waals surface area contributed by atoms with E-state index in [1.807, 2.05) is 0 Å². The molecule has 3 fully saturated rings. The van der Waals surface area contributed by atoms with Crippen molar-refractivity contribution in [1.82, 2.24) is 19.5 Å². The summed E-state index contributed by atoms with van der Waals surface area (Å²) in [6, 6.07) is 10.2. The molecule has 360 valence electrons. The minimum atomic E-state index is -4.73. The predicted molar refractivity (Wildman–Crippen MR) is 239 cm³/mol. The highest BCUT2D eigenvalue weighted by molar-refractivity contribution is 7.91. The number of ether oxygens (including phenoxy) is 7. The van der Waals surface area contributed by atoms with Crippen molar-refractivity contribution in [2.45, 2.75) is 134 Å². The number of anilines is 1. The van der Waals surface area contributed by atoms with Crippen LogP contribution in [0.5, 0.6) is 0 Å². The fourth-order valence-electron chi connectivity index (χ4n) is 8.10. The molecular formula is C42H60ClN6O14PS. The molecule has 2 aliphatic heterocycles. The van der Waals surface area contributed by atoms with E-state index in [0.717, 1.165) is 31.9 Å². The van der Waals surface area contributed by atoms with Crippen molar-refractivity contribution in [3.63, 3.8) is 0 Å². The zero-order valence-corrected chi connectivity index (χ0v) is 40.8. The maximum atomic E-state index is 14.9. The smallest absolute Gasteiger partial charge is 0.443 e. The van der Waals surface area contributed by atoms with E-state index >= 15 is 0 Å². The Morgan fingerprint density at radius 2 is 1.74 bits per heavy atom. The number of carbonyl (C=O) groups is 3. The van der Waals surface area contributed by atoms with Gasteiger partial charge in [0.1, 0.15) is 45.1 Å². The average Bonchev–Trinajstić information content (AvgIpc) is 4.01. The molecule has 1 unspecified atom stereocenters. The largest absolute Gasteiger partial charge is 0.443 e. The first-order chi connectivity index (χ1) is 30.6. The Morgan fingerprint density at radius 1 is 1.09 bits per heavy atom. The Labute approximate surface area is 384 Å². The first kappa shape index (κ1) is 50.6. The Hall–Kier alpha value is -3.76. The van der Waals surface area contributed by atoms with Gasteiger partial charge in [-0.2, -0.15) is 5.10 Å². The molecule has 20 nitrogen and oxygen atoms in total. The Morgan fingerprint density at radius 3 is 2.35 bits per heavy atom. The zero-order valence-electron chi connectivity index (χ0n) is 38.3. The molecule has 3 amide bonds. The van der Waals surface area contributed by atoms with E-state index in [4.69, 9.17) is 53.8 Å². The molecule has 4 heterocycles. The first-order valence-corrected chi connectivity index (χ1v) is 25.3. The number of nitrogens with zero attached hydrogens (tertiary/aromatic N) is 5. The number of pyridine rings is 1. The molecule has 6 rings (SSSR count). The van der Waals surface area contributed by atoms with Crippen molar-refractivity contribution in [3.8, 4) is 0 Å². The van der Waals surface area contributed by atoms with Gasteiger partial charge in [-0.25, -0.2) is 23.5 Å². The first-order valence-electron chi connectivity index (χ1n) is 21.5. The normalized spacial score (nSPS) is 23.3. The number of methoxy groups -OCH3 is 1. The van der Waals surface area contributed by atoms with Crippen LogP contribution in [0, 0.1) is 0 Å². The van der Waals surface area contributed by atoms with Crippen LogP contribution in [0.25, 0.3) is 11.0 Å². The van der Waals surface area contributed by atoms with Crippen LogP contribution in [-0.2, 0) is 61.5 Å². The molecule has 65 heavy (non-hydrogen) atoms. The van der Waals surface area contributed by atoms with Crippen molar-refractivity contribution in [1.29, 1.82) is 0 Å². The number of carbonyl (C=O) groups excluding carboxylic acids is 3. The molecule has 2 saturated heterocycles. The molecule has 2 aromatic heterocycles. The number of aromatic nitrogens is 3. The van der Waals surface area contributed by atoms with E-state index in [2.05, 4.69) is 19.2 Å². The maximum Gasteiger partial charge on any atom is 0.443 e. The summed E-state index contributed by atoms with van der Waals surface area (Å²) in [6.07, 6.45) is -0.462. The molecular weight excluding hydrogens is 911 g/mol. The average molecular weight is 971 g/mol. The van der Waals surface area contributed by atoms with Crippen LogP contribution in [0.1, 0.15) is 99.0 Å². The van der Waals surface area contributed by atoms with Crippen LogP contribution in [-0.4, -0.2) is 118 Å². The summed E-state index contributed by atoms with van der Waals surface area (Å²) in [5.41, 5.74) is 0.604. The lowest BCUT2D eigenvalue weighted by Crippen LogP contribution is -2.55. The Kier molecular flexibility index (Phi) is 15.8. The van der Waals surface area contributed by atoms with Crippen LogP contribution >= 0.6 is 19.2 Å². The number of halogens is 1. The van der Waals surface area contributed by atoms with Gasteiger partial charge in [0, 0.05) is 25.5 Å². The van der Waals surface area contributed by atoms with Gasteiger partial charge in [-0.15, -0.1) is 4.36 Å². The third-order valence-corrected chi connectivity index (χ3v) is 14.5. The highest BCUT2D eigenvalue weighted by Crippen LogP contribution is 2.61. The lowest BCUT2D eigenvalue weighted by atomic mass is 10.1. The van der Waals surface area contributed by atoms with Crippen molar-refractivity contribution in [2.24, 2.45) is 4.36 Å². The highest BCUT2D eigenvalue weighted by Gasteiger charge is 2.62. The monoisotopic (exact) mass is 970 g/mol. The van der Waals surface area contributed by atoms with Gasteiger partial charge >= 0.3 is 19.8 Å². The summed E-state index contributed by atoms with van der Waals surface area (Å²) in [7, 11) is -7.47. The minimum absolute atomic E-state index is 0.0790. The molecule has 1 saturated carbocycles. The molecule has 23 heteroatoms. The number of amides is 3. The van der Waals surface area contributed by atoms with Gasteiger partial charge in [-0.05, 0) is 73.8 Å². The lowest BCUT2D eigenvalue weighted by molar-refractivity contribution is -0.207. The van der Waals surface area contributed by atoms with Gasteiger partial charge in [0.2, 0.25) is 0 Å². The number of benzene rings is 1. The maximum absolute atomic E-state index is 14.9. The van der Waals surface area contributed by atoms with Gasteiger partial charge in [0.15, 0.2) is 17.7 Å². The number of hydrogen-bond donors (Lipinski definition) is 1. The number of rotatable bonds is 17. The predicted octanol–water partition coefficient (Wildman–Crippen LogP) is 7.84. The zero-order chi connectivity index (χ0) is 47.5. The van der Waals surface area contributed by atoms with Gasteiger partial charge < -0.3 is 42.2 Å². The van der Waals surface area contributed by atoms with Crippen molar-refractivity contribution < 1.29 is 65.4 Å².